The van der Waals surface area contributed by atoms with E-state index in [9.17, 15) is 9.18 Å². The van der Waals surface area contributed by atoms with Crippen molar-refractivity contribution in [3.63, 3.8) is 0 Å². The number of amides is 1. The van der Waals surface area contributed by atoms with Gasteiger partial charge in [-0.05, 0) is 48.1 Å². The minimum Gasteiger partial charge on any atom is -0.396 e. The number of hydrogen-bond acceptors (Lipinski definition) is 5. The molecule has 156 valence electrons. The van der Waals surface area contributed by atoms with Crippen molar-refractivity contribution in [3.8, 4) is 11.1 Å². The third kappa shape index (κ3) is 3.20. The van der Waals surface area contributed by atoms with E-state index in [2.05, 4.69) is 25.5 Å². The zero-order chi connectivity index (χ0) is 21.7. The molecule has 0 bridgehead atoms. The number of pyridine rings is 2. The molecule has 1 aliphatic rings. The van der Waals surface area contributed by atoms with E-state index in [0.717, 1.165) is 11.3 Å². The first kappa shape index (κ1) is 19.2. The number of aromatic amines is 1. The van der Waals surface area contributed by atoms with Crippen LogP contribution < -0.4 is 11.1 Å². The highest BCUT2D eigenvalue weighted by Gasteiger charge is 2.53. The monoisotopic (exact) mass is 416 g/mol. The van der Waals surface area contributed by atoms with Gasteiger partial charge in [-0.2, -0.15) is 5.10 Å². The summed E-state index contributed by atoms with van der Waals surface area (Å²) in [5.74, 6) is -0.0166. The Hall–Kier alpha value is -3.81. The summed E-state index contributed by atoms with van der Waals surface area (Å²) in [6, 6.07) is 7.15. The molecule has 1 amide bonds. The fourth-order valence-electron chi connectivity index (χ4n) is 4.31. The summed E-state index contributed by atoms with van der Waals surface area (Å²) in [5, 5.41) is 11.0. The summed E-state index contributed by atoms with van der Waals surface area (Å²) in [6.07, 6.45) is 6.46. The molecule has 1 aromatic carbocycles. The number of nitrogens with two attached hydrogens (primary N) is 1. The van der Waals surface area contributed by atoms with Crippen LogP contribution in [0.1, 0.15) is 24.1 Å². The molecule has 3 aromatic heterocycles. The minimum atomic E-state index is -0.503. The number of benzene rings is 1. The molecule has 4 aromatic rings. The van der Waals surface area contributed by atoms with Crippen LogP contribution in [0.15, 0.2) is 49.1 Å². The smallest absolute Gasteiger partial charge is 0.229 e. The molecule has 1 aliphatic carbocycles. The van der Waals surface area contributed by atoms with Gasteiger partial charge in [-0.3, -0.25) is 14.9 Å². The van der Waals surface area contributed by atoms with Gasteiger partial charge in [0.25, 0.3) is 0 Å². The predicted octanol–water partition coefficient (Wildman–Crippen LogP) is 4.04. The summed E-state index contributed by atoms with van der Waals surface area (Å²) in [7, 11) is 0. The molecular weight excluding hydrogens is 395 g/mol. The van der Waals surface area contributed by atoms with Crippen LogP contribution >= 0.6 is 0 Å². The van der Waals surface area contributed by atoms with Crippen LogP contribution in [-0.4, -0.2) is 26.1 Å². The second-order valence-electron chi connectivity index (χ2n) is 8.04. The molecule has 5 rings (SSSR count). The lowest BCUT2D eigenvalue weighted by Gasteiger charge is -2.12. The molecule has 0 saturated heterocycles. The Labute approximate surface area is 177 Å². The number of nitrogens with zero attached hydrogens (tertiary/aromatic N) is 3. The van der Waals surface area contributed by atoms with Gasteiger partial charge in [-0.1, -0.05) is 6.92 Å². The summed E-state index contributed by atoms with van der Waals surface area (Å²) < 4.78 is 15.0. The van der Waals surface area contributed by atoms with E-state index < -0.39 is 5.82 Å². The SMILES string of the molecule is Cc1ccncc1-c1cc2cc(NC(=O)[C@@H]3[C@H](C)[C@H]3c3ccn[nH]3)ncc2c(N)c1F. The molecule has 1 saturated carbocycles. The number of fused-ring (bicyclic) bond motifs is 1. The van der Waals surface area contributed by atoms with Gasteiger partial charge in [0, 0.05) is 52.9 Å². The number of anilines is 2. The number of halogens is 1. The van der Waals surface area contributed by atoms with E-state index in [1.807, 2.05) is 26.0 Å². The van der Waals surface area contributed by atoms with E-state index in [-0.39, 0.29) is 29.3 Å². The highest BCUT2D eigenvalue weighted by molar-refractivity contribution is 6.00. The van der Waals surface area contributed by atoms with Crippen molar-refractivity contribution in [1.82, 2.24) is 20.2 Å². The molecular formula is C23H21FN6O. The van der Waals surface area contributed by atoms with Crippen molar-refractivity contribution >= 4 is 28.2 Å². The highest BCUT2D eigenvalue weighted by Crippen LogP contribution is 2.53. The number of hydrogen-bond donors (Lipinski definition) is 3. The van der Waals surface area contributed by atoms with Crippen LogP contribution in [0.25, 0.3) is 21.9 Å². The molecule has 0 unspecified atom stereocenters. The molecule has 0 aliphatic heterocycles. The Morgan fingerprint density at radius 2 is 2.03 bits per heavy atom. The van der Waals surface area contributed by atoms with E-state index in [1.165, 1.54) is 6.20 Å². The van der Waals surface area contributed by atoms with Crippen molar-refractivity contribution < 1.29 is 9.18 Å². The van der Waals surface area contributed by atoms with Crippen LogP contribution in [0.5, 0.6) is 0 Å². The maximum absolute atomic E-state index is 15.0. The van der Waals surface area contributed by atoms with Crippen LogP contribution in [0.4, 0.5) is 15.9 Å². The number of carbonyl (C=O) groups excluding carboxylic acids is 1. The average molecular weight is 416 g/mol. The van der Waals surface area contributed by atoms with Gasteiger partial charge in [0.1, 0.15) is 5.82 Å². The van der Waals surface area contributed by atoms with Crippen LogP contribution in [0.2, 0.25) is 0 Å². The van der Waals surface area contributed by atoms with Crippen LogP contribution in [0, 0.1) is 24.6 Å². The van der Waals surface area contributed by atoms with Gasteiger partial charge in [0.05, 0.1) is 11.6 Å². The zero-order valence-electron chi connectivity index (χ0n) is 17.1. The molecule has 0 spiro atoms. The third-order valence-corrected chi connectivity index (χ3v) is 6.14. The molecule has 31 heavy (non-hydrogen) atoms. The van der Waals surface area contributed by atoms with Crippen molar-refractivity contribution in [2.24, 2.45) is 11.8 Å². The molecule has 8 heteroatoms. The summed E-state index contributed by atoms with van der Waals surface area (Å²) in [4.78, 5) is 21.2. The fourth-order valence-corrected chi connectivity index (χ4v) is 4.31. The first-order valence-corrected chi connectivity index (χ1v) is 10.0. The highest BCUT2D eigenvalue weighted by atomic mass is 19.1. The molecule has 3 atom stereocenters. The van der Waals surface area contributed by atoms with Gasteiger partial charge in [-0.25, -0.2) is 9.37 Å². The standard InChI is InChI=1S/C23H21FN6O/c1-11-3-5-26-9-15(11)14-7-13-8-18(27-10-16(13)22(25)21(14)24)29-23(31)20-12(2)19(20)17-4-6-28-30-17/h3-10,12,19-20H,25H2,1-2H3,(H,28,30)(H,27,29,31)/t12-,19+,20-/m1/s1. The Kier molecular flexibility index (Phi) is 4.43. The summed E-state index contributed by atoms with van der Waals surface area (Å²) >= 11 is 0. The van der Waals surface area contributed by atoms with Gasteiger partial charge >= 0.3 is 0 Å². The summed E-state index contributed by atoms with van der Waals surface area (Å²) in [5.41, 5.74) is 8.99. The molecule has 7 nitrogen and oxygen atoms in total. The Balaban J connectivity index is 1.47. The topological polar surface area (TPSA) is 110 Å². The number of carbonyl (C=O) groups is 1. The summed E-state index contributed by atoms with van der Waals surface area (Å²) in [6.45, 7) is 3.93. The number of aromatic nitrogens is 4. The van der Waals surface area contributed by atoms with Crippen molar-refractivity contribution in [1.29, 1.82) is 0 Å². The van der Waals surface area contributed by atoms with E-state index >= 15 is 0 Å². The number of nitrogen functional groups attached to an aromatic ring is 1. The third-order valence-electron chi connectivity index (χ3n) is 6.14. The Morgan fingerprint density at radius 1 is 1.19 bits per heavy atom. The second-order valence-corrected chi connectivity index (χ2v) is 8.04. The van der Waals surface area contributed by atoms with E-state index in [0.29, 0.717) is 27.7 Å². The second kappa shape index (κ2) is 7.16. The number of H-pyrrole nitrogens is 1. The Morgan fingerprint density at radius 3 is 2.77 bits per heavy atom. The maximum atomic E-state index is 15.0. The largest absolute Gasteiger partial charge is 0.396 e. The number of aryl methyl sites for hydroxylation is 1. The van der Waals surface area contributed by atoms with Gasteiger partial charge in [-0.15, -0.1) is 0 Å². The lowest BCUT2D eigenvalue weighted by Crippen LogP contribution is -2.16. The molecule has 1 fully saturated rings. The van der Waals surface area contributed by atoms with Gasteiger partial charge in [0.2, 0.25) is 5.91 Å². The quantitative estimate of drug-likeness (QED) is 0.435. The van der Waals surface area contributed by atoms with E-state index in [1.54, 1.807) is 30.7 Å². The van der Waals surface area contributed by atoms with Crippen LogP contribution in [-0.2, 0) is 4.79 Å². The lowest BCUT2D eigenvalue weighted by molar-refractivity contribution is -0.117. The van der Waals surface area contributed by atoms with Gasteiger partial charge < -0.3 is 11.1 Å². The lowest BCUT2D eigenvalue weighted by atomic mass is 9.98. The van der Waals surface area contributed by atoms with Crippen molar-refractivity contribution in [2.45, 2.75) is 19.8 Å². The fraction of sp³-hybridized carbons (Fsp3) is 0.217. The molecule has 4 N–H and O–H groups in total. The number of nitrogens with one attached hydrogen (secondary N) is 2. The van der Waals surface area contributed by atoms with Crippen LogP contribution in [0.3, 0.4) is 0 Å². The molecule has 3 heterocycles. The minimum absolute atomic E-state index is 0.0243. The van der Waals surface area contributed by atoms with Crippen molar-refractivity contribution in [2.75, 3.05) is 11.1 Å². The average Bonchev–Trinajstić information content (AvgIpc) is 3.16. The maximum Gasteiger partial charge on any atom is 0.229 e. The first-order chi connectivity index (χ1) is 15.0. The molecule has 0 radical (unpaired) electrons. The Bertz CT molecular complexity index is 1300. The van der Waals surface area contributed by atoms with Gasteiger partial charge in [0.15, 0.2) is 5.82 Å². The zero-order valence-corrected chi connectivity index (χ0v) is 17.1. The van der Waals surface area contributed by atoms with Crippen molar-refractivity contribution in [3.05, 3.63) is 66.1 Å². The normalized spacial score (nSPS) is 20.0. The van der Waals surface area contributed by atoms with E-state index in [4.69, 9.17) is 5.73 Å². The number of rotatable bonds is 4. The first-order valence-electron chi connectivity index (χ1n) is 10.0. The predicted molar refractivity (Wildman–Crippen MR) is 117 cm³/mol.